The van der Waals surface area contributed by atoms with Gasteiger partial charge in [0, 0.05) is 49.0 Å². The number of hydrogen-bond donors (Lipinski definition) is 0. The number of imide groups is 3. The fraction of sp³-hybridized carbons (Fsp3) is 0.0323. The van der Waals surface area contributed by atoms with Gasteiger partial charge in [0.05, 0.1) is 101 Å². The fourth-order valence-electron chi connectivity index (χ4n) is 20.0. The molecule has 3 aromatic heterocycles. The Balaban J connectivity index is 0.000000115. The van der Waals surface area contributed by atoms with Crippen molar-refractivity contribution in [2.24, 2.45) is 0 Å². The number of nitrogens with zero attached hydrogens (tertiary/aromatic N) is 6. The fourth-order valence-corrected chi connectivity index (χ4v) is 20.0. The van der Waals surface area contributed by atoms with E-state index in [1.54, 1.807) is 18.2 Å². The lowest BCUT2D eigenvalue weighted by atomic mass is 9.99. The van der Waals surface area contributed by atoms with Crippen molar-refractivity contribution in [2.75, 3.05) is 14.7 Å². The summed E-state index contributed by atoms with van der Waals surface area (Å²) in [7, 11) is 0. The van der Waals surface area contributed by atoms with Gasteiger partial charge < -0.3 is 13.7 Å². The molecule has 0 saturated heterocycles. The monoisotopic (exact) mass is 1750 g/mol. The van der Waals surface area contributed by atoms with E-state index in [4.69, 9.17) is 0 Å². The predicted molar refractivity (Wildman–Crippen MR) is 552 cm³/mol. The Morgan fingerprint density at radius 3 is 0.772 bits per heavy atom. The number of aryl methyl sites for hydroxylation is 4. The highest BCUT2D eigenvalue weighted by molar-refractivity contribution is 6.38. The van der Waals surface area contributed by atoms with Gasteiger partial charge in [-0.15, -0.1) is 0 Å². The summed E-state index contributed by atoms with van der Waals surface area (Å²) in [6, 6.07) is 146. The molecule has 22 aromatic rings. The smallest absolute Gasteiger partial charge is 0.268 e. The van der Waals surface area contributed by atoms with Crippen molar-refractivity contribution in [1.82, 2.24) is 13.7 Å². The van der Waals surface area contributed by atoms with E-state index in [2.05, 4.69) is 236 Å². The van der Waals surface area contributed by atoms with Crippen molar-refractivity contribution < 1.29 is 28.8 Å². The van der Waals surface area contributed by atoms with Crippen molar-refractivity contribution >= 4 is 118 Å². The predicted octanol–water partition coefficient (Wildman–Crippen LogP) is 29.7. The average molecular weight is 1750 g/mol. The Kier molecular flexibility index (Phi) is 20.4. The highest BCUT2D eigenvalue weighted by atomic mass is 16.2. The molecule has 136 heavy (non-hydrogen) atoms. The Labute approximate surface area is 785 Å². The molecule has 12 nitrogen and oxygen atoms in total. The molecule has 0 atom stereocenters. The zero-order chi connectivity index (χ0) is 92.1. The number of carbonyl (C=O) groups is 6. The second kappa shape index (κ2) is 33.7. The van der Waals surface area contributed by atoms with E-state index in [1.165, 1.54) is 37.0 Å². The Bertz CT molecular complexity index is 8540. The molecule has 0 fully saturated rings. The average Bonchev–Trinajstić information content (AvgIpc) is 1.73. The first-order chi connectivity index (χ1) is 66.7. The van der Waals surface area contributed by atoms with Gasteiger partial charge in [-0.2, -0.15) is 0 Å². The largest absolute Gasteiger partial charge is 0.308 e. The van der Waals surface area contributed by atoms with Crippen molar-refractivity contribution in [2.45, 2.75) is 27.7 Å². The normalized spacial score (nSPS) is 12.8. The highest BCUT2D eigenvalue weighted by Crippen LogP contribution is 2.48. The summed E-state index contributed by atoms with van der Waals surface area (Å²) < 4.78 is 6.52. The summed E-state index contributed by atoms with van der Waals surface area (Å²) in [4.78, 5) is 88.7. The van der Waals surface area contributed by atoms with Crippen LogP contribution in [0.1, 0.15) is 84.4 Å². The minimum absolute atomic E-state index is 0.310. The Hall–Kier alpha value is -18.0. The lowest BCUT2D eigenvalue weighted by Crippen LogP contribution is -2.29. The van der Waals surface area contributed by atoms with Gasteiger partial charge in [0.25, 0.3) is 35.4 Å². The lowest BCUT2D eigenvalue weighted by molar-refractivity contribution is 0.0910. The molecule has 0 unspecified atom stereocenters. The van der Waals surface area contributed by atoms with Gasteiger partial charge in [0.15, 0.2) is 0 Å². The first kappa shape index (κ1) is 82.4. The van der Waals surface area contributed by atoms with Crippen LogP contribution in [0.3, 0.4) is 0 Å². The van der Waals surface area contributed by atoms with Crippen LogP contribution in [0, 0.1) is 27.7 Å². The molecule has 3 aliphatic rings. The molecule has 25 rings (SSSR count). The maximum absolute atomic E-state index is 14.6. The summed E-state index contributed by atoms with van der Waals surface area (Å²) in [5.74, 6) is -1.91. The topological polar surface area (TPSA) is 127 Å². The molecule has 0 bridgehead atoms. The van der Waals surface area contributed by atoms with Gasteiger partial charge in [-0.1, -0.05) is 368 Å². The molecule has 0 radical (unpaired) electrons. The molecule has 0 aliphatic carbocycles. The van der Waals surface area contributed by atoms with Crippen LogP contribution in [0.4, 0.5) is 17.1 Å². The minimum atomic E-state index is -0.330. The van der Waals surface area contributed by atoms with Crippen LogP contribution in [0.2, 0.25) is 0 Å². The highest BCUT2D eigenvalue weighted by Gasteiger charge is 2.43. The number of rotatable bonds is 13. The number of carbonyl (C=O) groups excluding carboxylic acids is 6. The van der Waals surface area contributed by atoms with Gasteiger partial charge in [-0.05, 0) is 180 Å². The Morgan fingerprint density at radius 2 is 0.404 bits per heavy atom. The summed E-state index contributed by atoms with van der Waals surface area (Å²) >= 11 is 0. The number of amides is 6. The van der Waals surface area contributed by atoms with Crippen LogP contribution in [-0.4, -0.2) is 49.1 Å². The van der Waals surface area contributed by atoms with Gasteiger partial charge in [-0.3, -0.25) is 28.8 Å². The molecule has 6 heterocycles. The molecular weight excluding hydrogens is 1670 g/mol. The SMILES string of the molecule is Cc1ccc(-c2ccc3c4ccccc4n(-c4cccc5c4C(=O)N(c4ccc(-c6ccccc6)cc4)C5=O)c3c2)cc1.Cc1ccc(-c2cccc3c4cccc(-c5ccc(C)cc5)c4n(-c4cccc5c4C(=O)N(c4ccc(-c6ccccc6)cc4)C5=O)c23)cc1.Cc1ccc(-c2cccc3c4ccccc4n(-c4cccc5c4C(=O)N(c4ccc(-c6ccccc6)cc4)C5=O)c23)cc1. The van der Waals surface area contributed by atoms with Crippen molar-refractivity contribution in [3.05, 3.63) is 492 Å². The van der Waals surface area contributed by atoms with Crippen LogP contribution < -0.4 is 14.7 Å². The summed E-state index contributed by atoms with van der Waals surface area (Å²) in [5.41, 5.74) is 31.8. The first-order valence-corrected chi connectivity index (χ1v) is 45.6. The number of anilines is 3. The van der Waals surface area contributed by atoms with Crippen LogP contribution in [-0.2, 0) is 0 Å². The molecule has 19 aromatic carbocycles. The van der Waals surface area contributed by atoms with Crippen molar-refractivity contribution in [3.8, 4) is 95.0 Å². The third kappa shape index (κ3) is 14.0. The Morgan fingerprint density at radius 1 is 0.162 bits per heavy atom. The van der Waals surface area contributed by atoms with Crippen LogP contribution in [0.25, 0.3) is 160 Å². The van der Waals surface area contributed by atoms with E-state index in [9.17, 15) is 28.8 Å². The number of para-hydroxylation sites is 5. The summed E-state index contributed by atoms with van der Waals surface area (Å²) in [6.07, 6.45) is 0. The van der Waals surface area contributed by atoms with Crippen LogP contribution in [0.15, 0.2) is 437 Å². The minimum Gasteiger partial charge on any atom is -0.308 e. The molecule has 0 spiro atoms. The van der Waals surface area contributed by atoms with E-state index in [0.717, 1.165) is 143 Å². The van der Waals surface area contributed by atoms with Gasteiger partial charge in [-0.25, -0.2) is 14.7 Å². The molecule has 646 valence electrons. The number of hydrogen-bond acceptors (Lipinski definition) is 6. The second-order valence-electron chi connectivity index (χ2n) is 35.0. The molecular formula is C124H84N6O6. The quantitative estimate of drug-likeness (QED) is 0.106. The second-order valence-corrected chi connectivity index (χ2v) is 35.0. The van der Waals surface area contributed by atoms with E-state index >= 15 is 0 Å². The maximum atomic E-state index is 14.6. The lowest BCUT2D eigenvalue weighted by Gasteiger charge is -2.17. The third-order valence-corrected chi connectivity index (χ3v) is 26.7. The molecule has 6 amide bonds. The van der Waals surface area contributed by atoms with Gasteiger partial charge >= 0.3 is 0 Å². The molecule has 3 aliphatic heterocycles. The molecule has 0 N–H and O–H groups in total. The number of aromatic nitrogens is 3. The summed E-state index contributed by atoms with van der Waals surface area (Å²) in [5, 5.41) is 6.53. The van der Waals surface area contributed by atoms with Crippen molar-refractivity contribution in [3.63, 3.8) is 0 Å². The van der Waals surface area contributed by atoms with Crippen LogP contribution >= 0.6 is 0 Å². The van der Waals surface area contributed by atoms with E-state index < -0.39 is 0 Å². The number of fused-ring (bicyclic) bond motifs is 12. The zero-order valence-corrected chi connectivity index (χ0v) is 74.7. The third-order valence-electron chi connectivity index (χ3n) is 26.7. The molecule has 0 saturated carbocycles. The molecule has 12 heteroatoms. The summed E-state index contributed by atoms with van der Waals surface area (Å²) in [6.45, 7) is 8.34. The number of benzene rings is 19. The van der Waals surface area contributed by atoms with E-state index in [1.807, 2.05) is 224 Å². The van der Waals surface area contributed by atoms with E-state index in [-0.39, 0.29) is 35.4 Å². The van der Waals surface area contributed by atoms with Gasteiger partial charge in [0.2, 0.25) is 0 Å². The standard InChI is InChI=1S/C46H32N2O2.2C39H26N2O2/c1-29-17-21-33(22-18-29)36-11-6-13-38-39-14-7-12-37(34-23-19-30(2)20-24-34)44(39)48(43(36)38)41-16-8-15-40-42(41)46(50)47(45(40)49)35-27-25-32(26-28-35)31-9-4-3-5-10-31;1-25-17-19-28(20-18-25)30-12-7-13-32-31-11-5-6-15-34(31)41(37(30)32)35-16-8-14-33-36(35)39(43)40(38(33)42)29-23-21-27(22-24-29)26-9-3-2-4-10-26;1-25-14-16-28(17-15-25)29-20-23-32-31-10-5-6-12-34(31)41(36(32)24-29)35-13-7-11-33-37(35)39(43)40(38(33)42)30-21-18-27(19-22-30)26-8-3-2-4-9-26/h3-28H,1-2H3;2*2-24H,1H3. The maximum Gasteiger partial charge on any atom is 0.268 e. The first-order valence-electron chi connectivity index (χ1n) is 45.6. The van der Waals surface area contributed by atoms with Crippen molar-refractivity contribution in [1.29, 1.82) is 0 Å². The zero-order valence-electron chi connectivity index (χ0n) is 74.7. The van der Waals surface area contributed by atoms with Crippen LogP contribution in [0.5, 0.6) is 0 Å². The van der Waals surface area contributed by atoms with Gasteiger partial charge in [0.1, 0.15) is 0 Å². The van der Waals surface area contributed by atoms with E-state index in [0.29, 0.717) is 67.5 Å².